The second kappa shape index (κ2) is 10.9. The van der Waals surface area contributed by atoms with Gasteiger partial charge in [0.05, 0.1) is 6.42 Å². The van der Waals surface area contributed by atoms with Crippen LogP contribution in [0.5, 0.6) is 0 Å². The molecule has 0 fully saturated rings. The summed E-state index contributed by atoms with van der Waals surface area (Å²) in [5, 5.41) is 3.69. The van der Waals surface area contributed by atoms with Crippen molar-refractivity contribution in [2.24, 2.45) is 0 Å². The maximum absolute atomic E-state index is 13.3. The van der Waals surface area contributed by atoms with E-state index in [1.54, 1.807) is 11.1 Å². The van der Waals surface area contributed by atoms with E-state index >= 15 is 0 Å². The van der Waals surface area contributed by atoms with E-state index in [9.17, 15) is 9.59 Å². The number of carbonyl (C=O) groups excluding carboxylic acids is 2. The van der Waals surface area contributed by atoms with Gasteiger partial charge in [-0.3, -0.25) is 14.6 Å². The zero-order valence-corrected chi connectivity index (χ0v) is 21.3. The van der Waals surface area contributed by atoms with Crippen LogP contribution in [0.25, 0.3) is 11.1 Å². The van der Waals surface area contributed by atoms with Crippen molar-refractivity contribution in [3.8, 4) is 11.1 Å². The monoisotopic (exact) mass is 517 g/mol. The van der Waals surface area contributed by atoms with Crippen molar-refractivity contribution in [2.45, 2.75) is 19.8 Å². The van der Waals surface area contributed by atoms with E-state index in [0.717, 1.165) is 40.1 Å². The fourth-order valence-electron chi connectivity index (χ4n) is 4.41. The predicted octanol–water partition coefficient (Wildman–Crippen LogP) is 6.52. The first-order valence-electron chi connectivity index (χ1n) is 11.5. The van der Waals surface area contributed by atoms with Gasteiger partial charge in [-0.2, -0.15) is 0 Å². The van der Waals surface area contributed by atoms with Gasteiger partial charge in [-0.15, -0.1) is 12.4 Å². The van der Waals surface area contributed by atoms with Crippen LogP contribution >= 0.6 is 24.0 Å². The van der Waals surface area contributed by atoms with E-state index in [1.165, 1.54) is 0 Å². The highest BCUT2D eigenvalue weighted by atomic mass is 35.5. The normalized spacial score (nSPS) is 12.0. The van der Waals surface area contributed by atoms with Crippen LogP contribution in [0.2, 0.25) is 5.02 Å². The Kier molecular flexibility index (Phi) is 7.73. The van der Waals surface area contributed by atoms with E-state index in [2.05, 4.69) is 10.3 Å². The summed E-state index contributed by atoms with van der Waals surface area (Å²) >= 11 is 6.05. The van der Waals surface area contributed by atoms with Crippen LogP contribution in [0.1, 0.15) is 27.2 Å². The molecule has 1 aliphatic rings. The van der Waals surface area contributed by atoms with Gasteiger partial charge < -0.3 is 10.2 Å². The van der Waals surface area contributed by atoms with Crippen LogP contribution in [0.4, 0.5) is 11.4 Å². The Bertz CT molecular complexity index is 1410. The summed E-state index contributed by atoms with van der Waals surface area (Å²) in [6, 6.07) is 24.5. The molecule has 2 heterocycles. The third kappa shape index (κ3) is 5.43. The highest BCUT2D eigenvalue weighted by molar-refractivity contribution is 6.30. The minimum absolute atomic E-state index is 0. The van der Waals surface area contributed by atoms with Crippen molar-refractivity contribution in [1.82, 2.24) is 4.98 Å². The van der Waals surface area contributed by atoms with E-state index in [4.69, 9.17) is 11.6 Å². The van der Waals surface area contributed by atoms with Crippen molar-refractivity contribution in [1.29, 1.82) is 0 Å². The Morgan fingerprint density at radius 3 is 2.56 bits per heavy atom. The van der Waals surface area contributed by atoms with Crippen molar-refractivity contribution in [3.63, 3.8) is 0 Å². The number of carbonyl (C=O) groups is 2. The molecule has 1 N–H and O–H groups in total. The number of amides is 2. The van der Waals surface area contributed by atoms with Crippen LogP contribution in [-0.2, 0) is 17.6 Å². The van der Waals surface area contributed by atoms with Crippen molar-refractivity contribution in [2.75, 3.05) is 16.8 Å². The van der Waals surface area contributed by atoms with Gasteiger partial charge in [-0.1, -0.05) is 47.5 Å². The van der Waals surface area contributed by atoms with Gasteiger partial charge in [0.1, 0.15) is 0 Å². The summed E-state index contributed by atoms with van der Waals surface area (Å²) in [4.78, 5) is 32.2. The van der Waals surface area contributed by atoms with Crippen molar-refractivity contribution in [3.05, 3.63) is 112 Å². The van der Waals surface area contributed by atoms with Crippen LogP contribution in [0.3, 0.4) is 0 Å². The Morgan fingerprint density at radius 1 is 1.00 bits per heavy atom. The Hall–Kier alpha value is -3.67. The number of aryl methyl sites for hydroxylation is 1. The summed E-state index contributed by atoms with van der Waals surface area (Å²) < 4.78 is 0. The van der Waals surface area contributed by atoms with Crippen LogP contribution in [-0.4, -0.2) is 23.3 Å². The quantitative estimate of drug-likeness (QED) is 0.327. The van der Waals surface area contributed by atoms with E-state index in [0.29, 0.717) is 22.8 Å². The molecular weight excluding hydrogens is 493 g/mol. The minimum atomic E-state index is -0.184. The fraction of sp³-hybridized carbons (Fsp3) is 0.138. The molecule has 0 atom stereocenters. The molecule has 3 aromatic carbocycles. The number of aromatic nitrogens is 1. The molecule has 1 aliphatic heterocycles. The second-order valence-electron chi connectivity index (χ2n) is 8.65. The van der Waals surface area contributed by atoms with E-state index in [-0.39, 0.29) is 30.6 Å². The number of pyridine rings is 1. The van der Waals surface area contributed by atoms with E-state index in [1.807, 2.05) is 85.8 Å². The molecule has 0 saturated heterocycles. The van der Waals surface area contributed by atoms with Gasteiger partial charge in [0, 0.05) is 40.4 Å². The number of anilines is 2. The largest absolute Gasteiger partial charge is 0.322 e. The number of halogens is 2. The standard InChI is InChI=1S/C29H24ClN3O2.ClH/c1-19-5-11-25(26(16-19)20-6-8-22(30)9-7-20)29(35)32-24-10-12-27-21(17-24)13-15-33(27)28(34)18-23-4-2-3-14-31-23;/h2-12,14,16-17H,13,15,18H2,1H3,(H,32,35);1H. The summed E-state index contributed by atoms with van der Waals surface area (Å²) in [6.07, 6.45) is 2.70. The smallest absolute Gasteiger partial charge is 0.256 e. The van der Waals surface area contributed by atoms with E-state index < -0.39 is 0 Å². The molecule has 0 spiro atoms. The SMILES string of the molecule is Cc1ccc(C(=O)Nc2ccc3c(c2)CCN3C(=O)Cc2ccccn2)c(-c2ccc(Cl)cc2)c1.Cl. The molecule has 7 heteroatoms. The van der Waals surface area contributed by atoms with Gasteiger partial charge in [0.25, 0.3) is 5.91 Å². The summed E-state index contributed by atoms with van der Waals surface area (Å²) in [5.41, 5.74) is 6.83. The first-order valence-corrected chi connectivity index (χ1v) is 11.9. The van der Waals surface area contributed by atoms with Gasteiger partial charge in [0.2, 0.25) is 5.91 Å². The third-order valence-corrected chi connectivity index (χ3v) is 6.42. The van der Waals surface area contributed by atoms with Crippen LogP contribution in [0.15, 0.2) is 85.1 Å². The molecule has 1 aromatic heterocycles. The third-order valence-electron chi connectivity index (χ3n) is 6.17. The van der Waals surface area contributed by atoms with Gasteiger partial charge >= 0.3 is 0 Å². The van der Waals surface area contributed by atoms with Crippen LogP contribution in [0, 0.1) is 6.92 Å². The Labute approximate surface area is 221 Å². The first kappa shape index (κ1) is 25.4. The lowest BCUT2D eigenvalue weighted by Crippen LogP contribution is -2.30. The van der Waals surface area contributed by atoms with Crippen molar-refractivity contribution >= 4 is 47.2 Å². The predicted molar refractivity (Wildman–Crippen MR) is 147 cm³/mol. The number of benzene rings is 3. The number of hydrogen-bond acceptors (Lipinski definition) is 3. The number of rotatable bonds is 5. The topological polar surface area (TPSA) is 62.3 Å². The van der Waals surface area contributed by atoms with Crippen molar-refractivity contribution < 1.29 is 9.59 Å². The Balaban J connectivity index is 0.00000304. The van der Waals surface area contributed by atoms with Crippen LogP contribution < -0.4 is 10.2 Å². The molecule has 5 nitrogen and oxygen atoms in total. The lowest BCUT2D eigenvalue weighted by Gasteiger charge is -2.18. The van der Waals surface area contributed by atoms with Gasteiger partial charge in [0.15, 0.2) is 0 Å². The second-order valence-corrected chi connectivity index (χ2v) is 9.08. The molecule has 5 rings (SSSR count). The van der Waals surface area contributed by atoms with Gasteiger partial charge in [-0.25, -0.2) is 0 Å². The molecule has 0 bridgehead atoms. The number of nitrogens with one attached hydrogen (secondary N) is 1. The molecule has 2 amide bonds. The maximum atomic E-state index is 13.3. The number of hydrogen-bond donors (Lipinski definition) is 1. The first-order chi connectivity index (χ1) is 17.0. The highest BCUT2D eigenvalue weighted by Crippen LogP contribution is 2.32. The lowest BCUT2D eigenvalue weighted by atomic mass is 9.97. The number of nitrogens with zero attached hydrogens (tertiary/aromatic N) is 2. The zero-order chi connectivity index (χ0) is 24.4. The Morgan fingerprint density at radius 2 is 1.81 bits per heavy atom. The highest BCUT2D eigenvalue weighted by Gasteiger charge is 2.25. The molecule has 0 radical (unpaired) electrons. The summed E-state index contributed by atoms with van der Waals surface area (Å²) in [5.74, 6) is -0.164. The lowest BCUT2D eigenvalue weighted by molar-refractivity contribution is -0.117. The molecule has 36 heavy (non-hydrogen) atoms. The summed E-state index contributed by atoms with van der Waals surface area (Å²) in [7, 11) is 0. The van der Waals surface area contributed by atoms with Gasteiger partial charge in [-0.05, 0) is 78.6 Å². The average Bonchev–Trinajstić information content (AvgIpc) is 3.28. The average molecular weight is 518 g/mol. The molecule has 0 unspecified atom stereocenters. The molecular formula is C29H25Cl2N3O2. The fourth-order valence-corrected chi connectivity index (χ4v) is 4.54. The molecule has 182 valence electrons. The molecule has 0 saturated carbocycles. The minimum Gasteiger partial charge on any atom is -0.322 e. The number of fused-ring (bicyclic) bond motifs is 1. The summed E-state index contributed by atoms with van der Waals surface area (Å²) in [6.45, 7) is 2.62. The molecule has 4 aromatic rings. The molecule has 0 aliphatic carbocycles. The zero-order valence-electron chi connectivity index (χ0n) is 19.7. The maximum Gasteiger partial charge on any atom is 0.256 e.